The third-order valence-corrected chi connectivity index (χ3v) is 3.08. The van der Waals surface area contributed by atoms with Gasteiger partial charge >= 0.3 is 0 Å². The van der Waals surface area contributed by atoms with Crippen LogP contribution in [0.4, 0.5) is 11.5 Å². The molecule has 0 spiro atoms. The van der Waals surface area contributed by atoms with E-state index < -0.39 is 0 Å². The normalized spacial score (nSPS) is 10.2. The van der Waals surface area contributed by atoms with Crippen LogP contribution >= 0.6 is 23.2 Å². The lowest BCUT2D eigenvalue weighted by Gasteiger charge is -2.11. The van der Waals surface area contributed by atoms with Crippen molar-refractivity contribution in [3.63, 3.8) is 0 Å². The Hall–Kier alpha value is -1.52. The summed E-state index contributed by atoms with van der Waals surface area (Å²) in [4.78, 5) is 7.93. The van der Waals surface area contributed by atoms with E-state index in [1.54, 1.807) is 0 Å². The van der Waals surface area contributed by atoms with Gasteiger partial charge in [0.1, 0.15) is 6.33 Å². The number of anilines is 2. The van der Waals surface area contributed by atoms with E-state index in [4.69, 9.17) is 27.9 Å². The van der Waals surface area contributed by atoms with E-state index >= 15 is 0 Å². The van der Waals surface area contributed by atoms with Gasteiger partial charge in [-0.05, 0) is 24.6 Å². The zero-order chi connectivity index (χ0) is 13.1. The van der Waals surface area contributed by atoms with Crippen LogP contribution in [0.3, 0.4) is 0 Å². The van der Waals surface area contributed by atoms with Gasteiger partial charge in [0.05, 0.1) is 7.11 Å². The Balaban J connectivity index is 2.34. The molecule has 1 aromatic heterocycles. The Kier molecular flexibility index (Phi) is 3.89. The summed E-state index contributed by atoms with van der Waals surface area (Å²) < 4.78 is 5.15. The maximum Gasteiger partial charge on any atom is 0.199 e. The van der Waals surface area contributed by atoms with Crippen molar-refractivity contribution in [3.05, 3.63) is 40.3 Å². The molecule has 0 aliphatic rings. The second-order valence-electron chi connectivity index (χ2n) is 3.64. The molecule has 1 heterocycles. The van der Waals surface area contributed by atoms with Gasteiger partial charge in [-0.25, -0.2) is 9.97 Å². The second-order valence-corrected chi connectivity index (χ2v) is 4.40. The van der Waals surface area contributed by atoms with Crippen molar-refractivity contribution in [2.24, 2.45) is 0 Å². The molecule has 0 fully saturated rings. The van der Waals surface area contributed by atoms with E-state index in [9.17, 15) is 0 Å². The molecule has 0 amide bonds. The lowest BCUT2D eigenvalue weighted by Crippen LogP contribution is -1.99. The summed E-state index contributed by atoms with van der Waals surface area (Å²) in [5, 5.41) is 4.02. The first kappa shape index (κ1) is 12.9. The van der Waals surface area contributed by atoms with Gasteiger partial charge in [0.2, 0.25) is 0 Å². The molecule has 18 heavy (non-hydrogen) atoms. The number of hydrogen-bond acceptors (Lipinski definition) is 4. The van der Waals surface area contributed by atoms with Crippen molar-refractivity contribution in [1.82, 2.24) is 9.97 Å². The van der Waals surface area contributed by atoms with Crippen LogP contribution in [-0.2, 0) is 0 Å². The molecule has 0 bridgehead atoms. The van der Waals surface area contributed by atoms with E-state index in [2.05, 4.69) is 15.3 Å². The molecule has 0 atom stereocenters. The molecular weight excluding hydrogens is 273 g/mol. The third-order valence-electron chi connectivity index (χ3n) is 2.40. The molecule has 6 heteroatoms. The molecule has 1 aromatic carbocycles. The van der Waals surface area contributed by atoms with Gasteiger partial charge in [-0.3, -0.25) is 0 Å². The van der Waals surface area contributed by atoms with Gasteiger partial charge in [0.15, 0.2) is 16.7 Å². The lowest BCUT2D eigenvalue weighted by atomic mass is 10.2. The molecule has 2 aromatic rings. The smallest absolute Gasteiger partial charge is 0.199 e. The summed E-state index contributed by atoms with van der Waals surface area (Å²) in [7, 11) is 1.51. The summed E-state index contributed by atoms with van der Waals surface area (Å²) in [6.45, 7) is 1.94. The SMILES string of the molecule is COc1c(Cl)ncnc1Nc1ccc(C)c(Cl)c1. The van der Waals surface area contributed by atoms with Gasteiger partial charge in [-0.2, -0.15) is 0 Å². The van der Waals surface area contributed by atoms with Crippen molar-refractivity contribution in [2.75, 3.05) is 12.4 Å². The van der Waals surface area contributed by atoms with Crippen LogP contribution in [0.15, 0.2) is 24.5 Å². The van der Waals surface area contributed by atoms with Crippen molar-refractivity contribution in [2.45, 2.75) is 6.92 Å². The average molecular weight is 284 g/mol. The van der Waals surface area contributed by atoms with Gasteiger partial charge in [-0.1, -0.05) is 29.3 Å². The number of halogens is 2. The fraction of sp³-hybridized carbons (Fsp3) is 0.167. The summed E-state index contributed by atoms with van der Waals surface area (Å²) in [6.07, 6.45) is 1.36. The summed E-state index contributed by atoms with van der Waals surface area (Å²) in [5.74, 6) is 0.897. The summed E-state index contributed by atoms with van der Waals surface area (Å²) in [5.41, 5.74) is 1.81. The molecule has 4 nitrogen and oxygen atoms in total. The minimum atomic E-state index is 0.258. The quantitative estimate of drug-likeness (QED) is 0.870. The second kappa shape index (κ2) is 5.42. The highest BCUT2D eigenvalue weighted by molar-refractivity contribution is 6.32. The van der Waals surface area contributed by atoms with Crippen LogP contribution in [0.2, 0.25) is 10.2 Å². The molecule has 0 aliphatic heterocycles. The molecule has 94 valence electrons. The molecular formula is C12H11Cl2N3O. The number of methoxy groups -OCH3 is 1. The molecule has 2 rings (SSSR count). The molecule has 0 aliphatic carbocycles. The Morgan fingerprint density at radius 1 is 1.22 bits per heavy atom. The van der Waals surface area contributed by atoms with E-state index in [1.165, 1.54) is 13.4 Å². The molecule has 0 unspecified atom stereocenters. The number of nitrogens with one attached hydrogen (secondary N) is 1. The Morgan fingerprint density at radius 2 is 2.00 bits per heavy atom. The number of ether oxygens (including phenoxy) is 1. The average Bonchev–Trinajstić information content (AvgIpc) is 2.34. The van der Waals surface area contributed by atoms with Crippen molar-refractivity contribution >= 4 is 34.7 Å². The van der Waals surface area contributed by atoms with E-state index in [1.807, 2.05) is 25.1 Å². The number of rotatable bonds is 3. The highest BCUT2D eigenvalue weighted by atomic mass is 35.5. The van der Waals surface area contributed by atoms with Gasteiger partial charge in [-0.15, -0.1) is 0 Å². The number of nitrogens with zero attached hydrogens (tertiary/aromatic N) is 2. The number of benzene rings is 1. The van der Waals surface area contributed by atoms with Gasteiger partial charge < -0.3 is 10.1 Å². The van der Waals surface area contributed by atoms with Crippen LogP contribution in [0.25, 0.3) is 0 Å². The zero-order valence-corrected chi connectivity index (χ0v) is 11.4. The van der Waals surface area contributed by atoms with Crippen molar-refractivity contribution < 1.29 is 4.74 Å². The van der Waals surface area contributed by atoms with E-state index in [0.29, 0.717) is 16.6 Å². The predicted molar refractivity (Wildman–Crippen MR) is 73.1 cm³/mol. The molecule has 0 radical (unpaired) electrons. The molecule has 0 saturated heterocycles. The topological polar surface area (TPSA) is 47.0 Å². The first-order valence-corrected chi connectivity index (χ1v) is 5.95. The highest BCUT2D eigenvalue weighted by Gasteiger charge is 2.10. The fourth-order valence-corrected chi connectivity index (χ4v) is 1.82. The molecule has 0 saturated carbocycles. The monoisotopic (exact) mass is 283 g/mol. The van der Waals surface area contributed by atoms with Crippen LogP contribution in [-0.4, -0.2) is 17.1 Å². The largest absolute Gasteiger partial charge is 0.490 e. The van der Waals surface area contributed by atoms with Crippen molar-refractivity contribution in [3.8, 4) is 5.75 Å². The minimum absolute atomic E-state index is 0.258. The van der Waals surface area contributed by atoms with Crippen LogP contribution in [0.5, 0.6) is 5.75 Å². The number of hydrogen-bond donors (Lipinski definition) is 1. The van der Waals surface area contributed by atoms with Crippen molar-refractivity contribution in [1.29, 1.82) is 0 Å². The number of aryl methyl sites for hydroxylation is 1. The Labute approximate surface area is 115 Å². The first-order chi connectivity index (χ1) is 8.61. The lowest BCUT2D eigenvalue weighted by molar-refractivity contribution is 0.413. The molecule has 1 N–H and O–H groups in total. The van der Waals surface area contributed by atoms with E-state index in [0.717, 1.165) is 11.3 Å². The summed E-state index contributed by atoms with van der Waals surface area (Å²) in [6, 6.07) is 5.63. The van der Waals surface area contributed by atoms with Crippen LogP contribution in [0, 0.1) is 6.92 Å². The zero-order valence-electron chi connectivity index (χ0n) is 9.87. The van der Waals surface area contributed by atoms with Crippen LogP contribution in [0.1, 0.15) is 5.56 Å². The summed E-state index contributed by atoms with van der Waals surface area (Å²) >= 11 is 12.0. The van der Waals surface area contributed by atoms with Gasteiger partial charge in [0, 0.05) is 10.7 Å². The van der Waals surface area contributed by atoms with E-state index in [-0.39, 0.29) is 5.15 Å². The standard InChI is InChI=1S/C12H11Cl2N3O/c1-7-3-4-8(5-9(7)13)17-12-10(18-2)11(14)15-6-16-12/h3-6H,1-2H3,(H,15,16,17). The Bertz CT molecular complexity index is 575. The first-order valence-electron chi connectivity index (χ1n) is 5.19. The third kappa shape index (κ3) is 2.66. The van der Waals surface area contributed by atoms with Gasteiger partial charge in [0.25, 0.3) is 0 Å². The minimum Gasteiger partial charge on any atom is -0.490 e. The van der Waals surface area contributed by atoms with Crippen LogP contribution < -0.4 is 10.1 Å². The number of aromatic nitrogens is 2. The Morgan fingerprint density at radius 3 is 2.67 bits per heavy atom. The predicted octanol–water partition coefficient (Wildman–Crippen LogP) is 3.84. The highest BCUT2D eigenvalue weighted by Crippen LogP contribution is 2.31. The fourth-order valence-electron chi connectivity index (χ4n) is 1.43. The maximum absolute atomic E-state index is 6.05. The maximum atomic E-state index is 6.05.